The molecule has 1 aliphatic rings. The summed E-state index contributed by atoms with van der Waals surface area (Å²) in [5.74, 6) is 2.04. The van der Waals surface area contributed by atoms with Gasteiger partial charge < -0.3 is 20.4 Å². The Morgan fingerprint density at radius 1 is 1.39 bits per heavy atom. The molecule has 0 amide bonds. The van der Waals surface area contributed by atoms with Crippen molar-refractivity contribution in [2.24, 2.45) is 10.7 Å². The highest BCUT2D eigenvalue weighted by molar-refractivity contribution is 7.98. The SMILES string of the molecule is COc1ccc(NC(N)=NCCCc2nnc(SC)n2C2CCCC2)cc1Cl. The number of ether oxygens (including phenoxy) is 1. The maximum atomic E-state index is 6.13. The molecule has 0 spiro atoms. The molecule has 7 nitrogen and oxygen atoms in total. The zero-order valence-corrected chi connectivity index (χ0v) is 17.9. The summed E-state index contributed by atoms with van der Waals surface area (Å²) in [5.41, 5.74) is 6.76. The maximum absolute atomic E-state index is 6.13. The van der Waals surface area contributed by atoms with Crippen LogP contribution in [0.5, 0.6) is 5.75 Å². The Morgan fingerprint density at radius 3 is 2.86 bits per heavy atom. The van der Waals surface area contributed by atoms with Gasteiger partial charge in [-0.25, -0.2) is 0 Å². The molecule has 1 heterocycles. The van der Waals surface area contributed by atoms with Crippen molar-refractivity contribution in [3.8, 4) is 5.75 Å². The number of aromatic nitrogens is 3. The molecule has 0 unspecified atom stereocenters. The van der Waals surface area contributed by atoms with Gasteiger partial charge in [-0.2, -0.15) is 0 Å². The molecule has 0 saturated heterocycles. The van der Waals surface area contributed by atoms with Crippen LogP contribution in [-0.4, -0.2) is 40.6 Å². The molecule has 2 aromatic rings. The molecule has 1 fully saturated rings. The van der Waals surface area contributed by atoms with E-state index in [0.29, 0.717) is 29.3 Å². The number of hydrogen-bond donors (Lipinski definition) is 2. The highest BCUT2D eigenvalue weighted by Gasteiger charge is 2.23. The summed E-state index contributed by atoms with van der Waals surface area (Å²) in [7, 11) is 1.58. The van der Waals surface area contributed by atoms with Crippen LogP contribution in [0.25, 0.3) is 0 Å². The number of aliphatic imine (C=N–C) groups is 1. The van der Waals surface area contributed by atoms with Gasteiger partial charge in [0.25, 0.3) is 0 Å². The number of methoxy groups -OCH3 is 1. The molecule has 3 rings (SSSR count). The number of nitrogens with one attached hydrogen (secondary N) is 1. The number of hydrogen-bond acceptors (Lipinski definition) is 5. The van der Waals surface area contributed by atoms with Crippen LogP contribution in [0.1, 0.15) is 44.0 Å². The lowest BCUT2D eigenvalue weighted by Crippen LogP contribution is -2.23. The number of aryl methyl sites for hydroxylation is 1. The Balaban J connectivity index is 1.53. The number of halogens is 1. The second-order valence-corrected chi connectivity index (χ2v) is 7.94. The van der Waals surface area contributed by atoms with Gasteiger partial charge in [0.15, 0.2) is 11.1 Å². The molecule has 28 heavy (non-hydrogen) atoms. The van der Waals surface area contributed by atoms with Crippen LogP contribution >= 0.6 is 23.4 Å². The number of guanidine groups is 1. The molecule has 0 bridgehead atoms. The number of thioether (sulfide) groups is 1. The number of nitrogens with two attached hydrogens (primary N) is 1. The van der Waals surface area contributed by atoms with Gasteiger partial charge in [-0.1, -0.05) is 36.2 Å². The van der Waals surface area contributed by atoms with Crippen molar-refractivity contribution >= 4 is 35.0 Å². The number of nitrogens with zero attached hydrogens (tertiary/aromatic N) is 4. The number of anilines is 1. The Hall–Kier alpha value is -1.93. The first kappa shape index (κ1) is 20.8. The molecule has 1 aromatic heterocycles. The van der Waals surface area contributed by atoms with Crippen LogP contribution in [0.4, 0.5) is 5.69 Å². The van der Waals surface area contributed by atoms with Crippen molar-refractivity contribution in [1.82, 2.24) is 14.8 Å². The van der Waals surface area contributed by atoms with Gasteiger partial charge in [0, 0.05) is 24.7 Å². The molecule has 0 radical (unpaired) electrons. The molecule has 1 aliphatic carbocycles. The van der Waals surface area contributed by atoms with Gasteiger partial charge in [-0.15, -0.1) is 10.2 Å². The lowest BCUT2D eigenvalue weighted by molar-refractivity contribution is 0.415. The third kappa shape index (κ3) is 5.11. The molecule has 0 atom stereocenters. The Labute approximate surface area is 175 Å². The van der Waals surface area contributed by atoms with E-state index in [1.54, 1.807) is 31.0 Å². The highest BCUT2D eigenvalue weighted by Crippen LogP contribution is 2.33. The molecular weight excluding hydrogens is 396 g/mol. The summed E-state index contributed by atoms with van der Waals surface area (Å²) in [6, 6.07) is 5.94. The van der Waals surface area contributed by atoms with Crippen molar-refractivity contribution < 1.29 is 4.74 Å². The average Bonchev–Trinajstić information content (AvgIpc) is 3.34. The van der Waals surface area contributed by atoms with Crippen LogP contribution < -0.4 is 15.8 Å². The van der Waals surface area contributed by atoms with Crippen LogP contribution in [0.3, 0.4) is 0 Å². The van der Waals surface area contributed by atoms with E-state index in [1.807, 2.05) is 6.07 Å². The van der Waals surface area contributed by atoms with Crippen LogP contribution in [-0.2, 0) is 6.42 Å². The summed E-state index contributed by atoms with van der Waals surface area (Å²) in [4.78, 5) is 4.41. The minimum atomic E-state index is 0.364. The van der Waals surface area contributed by atoms with E-state index in [2.05, 4.69) is 31.3 Å². The van der Waals surface area contributed by atoms with Crippen LogP contribution in [0.2, 0.25) is 5.02 Å². The van der Waals surface area contributed by atoms with E-state index in [1.165, 1.54) is 25.7 Å². The van der Waals surface area contributed by atoms with Crippen molar-refractivity contribution in [2.75, 3.05) is 25.2 Å². The summed E-state index contributed by atoms with van der Waals surface area (Å²) >= 11 is 7.79. The van der Waals surface area contributed by atoms with E-state index in [0.717, 1.165) is 29.5 Å². The normalized spacial score (nSPS) is 15.2. The molecule has 3 N–H and O–H groups in total. The Bertz CT molecular complexity index is 819. The van der Waals surface area contributed by atoms with E-state index in [-0.39, 0.29) is 0 Å². The largest absolute Gasteiger partial charge is 0.495 e. The lowest BCUT2D eigenvalue weighted by Gasteiger charge is -2.16. The van der Waals surface area contributed by atoms with Crippen molar-refractivity contribution in [2.45, 2.75) is 49.7 Å². The molecule has 1 saturated carbocycles. The van der Waals surface area contributed by atoms with Gasteiger partial charge in [0.05, 0.1) is 12.1 Å². The summed E-state index contributed by atoms with van der Waals surface area (Å²) in [5, 5.41) is 13.4. The summed E-state index contributed by atoms with van der Waals surface area (Å²) in [6.07, 6.45) is 8.79. The third-order valence-electron chi connectivity index (χ3n) is 4.87. The van der Waals surface area contributed by atoms with E-state index in [4.69, 9.17) is 22.1 Å². The number of benzene rings is 1. The molecule has 0 aliphatic heterocycles. The minimum Gasteiger partial charge on any atom is -0.495 e. The Kier molecular flexibility index (Phi) is 7.44. The lowest BCUT2D eigenvalue weighted by atomic mass is 10.2. The fourth-order valence-corrected chi connectivity index (χ4v) is 4.35. The zero-order valence-electron chi connectivity index (χ0n) is 16.3. The van der Waals surface area contributed by atoms with Crippen LogP contribution in [0.15, 0.2) is 28.3 Å². The predicted octanol–water partition coefficient (Wildman–Crippen LogP) is 4.14. The topological polar surface area (TPSA) is 90.3 Å². The third-order valence-corrected chi connectivity index (χ3v) is 5.81. The number of rotatable bonds is 8. The first-order valence-corrected chi connectivity index (χ1v) is 11.1. The van der Waals surface area contributed by atoms with Crippen LogP contribution in [0, 0.1) is 0 Å². The average molecular weight is 423 g/mol. The molecular formula is C19H27ClN6OS. The van der Waals surface area contributed by atoms with E-state index < -0.39 is 0 Å². The van der Waals surface area contributed by atoms with Gasteiger partial charge in [0.2, 0.25) is 0 Å². The fourth-order valence-electron chi connectivity index (χ4n) is 3.51. The summed E-state index contributed by atoms with van der Waals surface area (Å²) < 4.78 is 7.48. The Morgan fingerprint density at radius 2 is 2.18 bits per heavy atom. The second kappa shape index (κ2) is 10.0. The van der Waals surface area contributed by atoms with Gasteiger partial charge in [-0.05, 0) is 43.7 Å². The van der Waals surface area contributed by atoms with E-state index in [9.17, 15) is 0 Å². The smallest absolute Gasteiger partial charge is 0.193 e. The van der Waals surface area contributed by atoms with Gasteiger partial charge in [0.1, 0.15) is 11.6 Å². The molecule has 9 heteroatoms. The minimum absolute atomic E-state index is 0.364. The predicted molar refractivity (Wildman–Crippen MR) is 116 cm³/mol. The van der Waals surface area contributed by atoms with Gasteiger partial charge >= 0.3 is 0 Å². The maximum Gasteiger partial charge on any atom is 0.193 e. The molecule has 152 valence electrons. The second-order valence-electron chi connectivity index (χ2n) is 6.76. The highest BCUT2D eigenvalue weighted by atomic mass is 35.5. The molecule has 1 aromatic carbocycles. The first-order chi connectivity index (χ1) is 13.6. The first-order valence-electron chi connectivity index (χ1n) is 9.50. The van der Waals surface area contributed by atoms with Crippen molar-refractivity contribution in [3.05, 3.63) is 29.0 Å². The summed E-state index contributed by atoms with van der Waals surface area (Å²) in [6.45, 7) is 0.620. The van der Waals surface area contributed by atoms with Crippen molar-refractivity contribution in [3.63, 3.8) is 0 Å². The van der Waals surface area contributed by atoms with Gasteiger partial charge in [-0.3, -0.25) is 4.99 Å². The standard InChI is InChI=1S/C19H27ClN6OS/c1-27-16-10-9-13(12-15(16)20)23-18(21)22-11-5-8-17-24-25-19(28-2)26(17)14-6-3-4-7-14/h9-10,12,14H,3-8,11H2,1-2H3,(H3,21,22,23). The monoisotopic (exact) mass is 422 g/mol. The fraction of sp³-hybridized carbons (Fsp3) is 0.526. The zero-order chi connectivity index (χ0) is 19.9. The van der Waals surface area contributed by atoms with Crippen molar-refractivity contribution in [1.29, 1.82) is 0 Å². The quantitative estimate of drug-likeness (QED) is 0.287. The van der Waals surface area contributed by atoms with E-state index >= 15 is 0 Å².